The van der Waals surface area contributed by atoms with E-state index in [-0.39, 0.29) is 12.8 Å². The van der Waals surface area contributed by atoms with Crippen LogP contribution in [0.15, 0.2) is 48.5 Å². The van der Waals surface area contributed by atoms with Gasteiger partial charge in [0.2, 0.25) is 5.91 Å². The average Bonchev–Trinajstić information content (AvgIpc) is 2.56. The number of nitrogens with one attached hydrogen (secondary N) is 1. The second kappa shape index (κ2) is 8.10. The summed E-state index contributed by atoms with van der Waals surface area (Å²) in [6, 6.07) is 11.5. The Kier molecular flexibility index (Phi) is 5.89. The van der Waals surface area contributed by atoms with Crippen molar-refractivity contribution in [2.75, 3.05) is 7.11 Å². The Bertz CT molecular complexity index is 715. The van der Waals surface area contributed by atoms with Crippen LogP contribution in [0.2, 0.25) is 0 Å². The van der Waals surface area contributed by atoms with E-state index in [1.165, 1.54) is 31.4 Å². The lowest BCUT2D eigenvalue weighted by Gasteiger charge is -2.16. The number of carbonyl (C=O) groups is 2. The fourth-order valence-electron chi connectivity index (χ4n) is 2.32. The molecule has 0 saturated heterocycles. The van der Waals surface area contributed by atoms with Gasteiger partial charge in [0, 0.05) is 6.42 Å². The third kappa shape index (κ3) is 4.81. The monoisotopic (exact) mass is 331 g/mol. The number of rotatable bonds is 7. The van der Waals surface area contributed by atoms with Gasteiger partial charge < -0.3 is 15.2 Å². The van der Waals surface area contributed by atoms with Crippen LogP contribution in [-0.4, -0.2) is 30.1 Å². The first kappa shape index (κ1) is 17.5. The smallest absolute Gasteiger partial charge is 0.326 e. The number of methoxy groups -OCH3 is 1. The molecule has 0 aliphatic carbocycles. The van der Waals surface area contributed by atoms with Gasteiger partial charge >= 0.3 is 5.97 Å². The molecule has 0 fully saturated rings. The number of hydrogen-bond donors (Lipinski definition) is 2. The first-order valence-corrected chi connectivity index (χ1v) is 7.38. The molecule has 0 spiro atoms. The number of carbonyl (C=O) groups excluding carboxylic acids is 1. The first-order chi connectivity index (χ1) is 11.5. The van der Waals surface area contributed by atoms with E-state index in [1.54, 1.807) is 24.3 Å². The predicted molar refractivity (Wildman–Crippen MR) is 86.4 cm³/mol. The van der Waals surface area contributed by atoms with Crippen molar-refractivity contribution in [1.82, 2.24) is 5.32 Å². The van der Waals surface area contributed by atoms with Crippen LogP contribution in [0.25, 0.3) is 0 Å². The largest absolute Gasteiger partial charge is 0.496 e. The summed E-state index contributed by atoms with van der Waals surface area (Å²) >= 11 is 0. The van der Waals surface area contributed by atoms with Crippen LogP contribution in [-0.2, 0) is 22.4 Å². The molecule has 5 nitrogen and oxygen atoms in total. The van der Waals surface area contributed by atoms with Crippen molar-refractivity contribution >= 4 is 11.9 Å². The fraction of sp³-hybridized carbons (Fsp3) is 0.222. The summed E-state index contributed by atoms with van der Waals surface area (Å²) in [7, 11) is 1.50. The van der Waals surface area contributed by atoms with Crippen LogP contribution in [0, 0.1) is 5.82 Å². The zero-order valence-electron chi connectivity index (χ0n) is 13.2. The highest BCUT2D eigenvalue weighted by atomic mass is 19.1. The number of halogens is 1. The Morgan fingerprint density at radius 3 is 2.46 bits per heavy atom. The Hall–Kier alpha value is -2.89. The van der Waals surface area contributed by atoms with Crippen molar-refractivity contribution in [2.24, 2.45) is 0 Å². The second-order valence-corrected chi connectivity index (χ2v) is 5.28. The predicted octanol–water partition coefficient (Wildman–Crippen LogP) is 2.19. The van der Waals surface area contributed by atoms with E-state index in [1.807, 2.05) is 0 Å². The molecule has 0 heterocycles. The Morgan fingerprint density at radius 1 is 1.17 bits per heavy atom. The second-order valence-electron chi connectivity index (χ2n) is 5.28. The Balaban J connectivity index is 2.04. The maximum absolute atomic E-state index is 12.9. The summed E-state index contributed by atoms with van der Waals surface area (Å²) in [6.07, 6.45) is 0.0878. The Morgan fingerprint density at radius 2 is 1.83 bits per heavy atom. The van der Waals surface area contributed by atoms with Gasteiger partial charge in [0.1, 0.15) is 17.6 Å². The molecule has 2 N–H and O–H groups in total. The van der Waals surface area contributed by atoms with Gasteiger partial charge in [0.05, 0.1) is 13.5 Å². The maximum Gasteiger partial charge on any atom is 0.326 e. The lowest BCUT2D eigenvalue weighted by atomic mass is 10.0. The number of ether oxygens (including phenoxy) is 1. The van der Waals surface area contributed by atoms with Crippen molar-refractivity contribution < 1.29 is 23.8 Å². The van der Waals surface area contributed by atoms with Gasteiger partial charge in [-0.15, -0.1) is 0 Å². The number of carboxylic acid groups (broad SMARTS) is 1. The van der Waals surface area contributed by atoms with Gasteiger partial charge in [-0.1, -0.05) is 30.3 Å². The van der Waals surface area contributed by atoms with E-state index < -0.39 is 23.7 Å². The molecule has 2 aromatic rings. The highest BCUT2D eigenvalue weighted by Crippen LogP contribution is 2.19. The quantitative estimate of drug-likeness (QED) is 0.815. The number of hydrogen-bond acceptors (Lipinski definition) is 3. The first-order valence-electron chi connectivity index (χ1n) is 7.38. The molecule has 0 radical (unpaired) electrons. The summed E-state index contributed by atoms with van der Waals surface area (Å²) in [4.78, 5) is 23.5. The van der Waals surface area contributed by atoms with Crippen LogP contribution in [0.5, 0.6) is 5.75 Å². The fourth-order valence-corrected chi connectivity index (χ4v) is 2.32. The summed E-state index contributed by atoms with van der Waals surface area (Å²) in [5, 5.41) is 11.8. The highest BCUT2D eigenvalue weighted by Gasteiger charge is 2.22. The minimum atomic E-state index is -1.13. The van der Waals surface area contributed by atoms with Gasteiger partial charge in [-0.05, 0) is 29.3 Å². The van der Waals surface area contributed by atoms with E-state index in [4.69, 9.17) is 4.74 Å². The topological polar surface area (TPSA) is 75.6 Å². The van der Waals surface area contributed by atoms with Crippen molar-refractivity contribution in [1.29, 1.82) is 0 Å². The molecule has 0 saturated carbocycles. The van der Waals surface area contributed by atoms with E-state index >= 15 is 0 Å². The number of para-hydroxylation sites is 1. The lowest BCUT2D eigenvalue weighted by Crippen LogP contribution is -2.43. The van der Waals surface area contributed by atoms with Crippen molar-refractivity contribution in [3.63, 3.8) is 0 Å². The van der Waals surface area contributed by atoms with E-state index in [2.05, 4.69) is 5.32 Å². The molecule has 0 aromatic heterocycles. The molecule has 1 amide bonds. The molecule has 24 heavy (non-hydrogen) atoms. The van der Waals surface area contributed by atoms with Crippen LogP contribution < -0.4 is 10.1 Å². The molecule has 6 heteroatoms. The molecular weight excluding hydrogens is 313 g/mol. The summed E-state index contributed by atoms with van der Waals surface area (Å²) in [5.41, 5.74) is 1.30. The SMILES string of the molecule is COc1ccccc1C[C@H](NC(=O)Cc1ccc(F)cc1)C(=O)O. The third-order valence-electron chi connectivity index (χ3n) is 3.53. The van der Waals surface area contributed by atoms with Crippen LogP contribution in [0.4, 0.5) is 4.39 Å². The molecule has 0 unspecified atom stereocenters. The van der Waals surface area contributed by atoms with Gasteiger partial charge in [0.15, 0.2) is 0 Å². The maximum atomic E-state index is 12.9. The Labute approximate surface area is 139 Å². The molecule has 2 rings (SSSR count). The third-order valence-corrected chi connectivity index (χ3v) is 3.53. The van der Waals surface area contributed by atoms with Crippen LogP contribution in [0.1, 0.15) is 11.1 Å². The van der Waals surface area contributed by atoms with Gasteiger partial charge in [-0.2, -0.15) is 0 Å². The van der Waals surface area contributed by atoms with E-state index in [9.17, 15) is 19.1 Å². The van der Waals surface area contributed by atoms with Crippen molar-refractivity contribution in [2.45, 2.75) is 18.9 Å². The minimum Gasteiger partial charge on any atom is -0.496 e. The molecule has 0 bridgehead atoms. The summed E-state index contributed by atoms with van der Waals surface area (Å²) in [6.45, 7) is 0. The van der Waals surface area contributed by atoms with Gasteiger partial charge in [-0.3, -0.25) is 4.79 Å². The molecule has 0 aliphatic heterocycles. The minimum absolute atomic E-state index is 0.0179. The molecule has 1 atom stereocenters. The number of aliphatic carboxylic acids is 1. The van der Waals surface area contributed by atoms with Gasteiger partial charge in [-0.25, -0.2) is 9.18 Å². The van der Waals surface area contributed by atoms with Crippen LogP contribution in [0.3, 0.4) is 0 Å². The van der Waals surface area contributed by atoms with Crippen LogP contribution >= 0.6 is 0 Å². The molecule has 0 aliphatic rings. The van der Waals surface area contributed by atoms with E-state index in [0.29, 0.717) is 16.9 Å². The average molecular weight is 331 g/mol. The molecule has 2 aromatic carbocycles. The summed E-state index contributed by atoms with van der Waals surface area (Å²) in [5.74, 6) is -1.40. The van der Waals surface area contributed by atoms with Gasteiger partial charge in [0.25, 0.3) is 0 Å². The normalized spacial score (nSPS) is 11.6. The zero-order chi connectivity index (χ0) is 17.5. The molecule has 126 valence electrons. The van der Waals surface area contributed by atoms with E-state index in [0.717, 1.165) is 0 Å². The summed E-state index contributed by atoms with van der Waals surface area (Å²) < 4.78 is 18.1. The lowest BCUT2D eigenvalue weighted by molar-refractivity contribution is -0.141. The molecular formula is C18H18FNO4. The number of benzene rings is 2. The highest BCUT2D eigenvalue weighted by molar-refractivity contribution is 5.85. The number of carboxylic acids is 1. The standard InChI is InChI=1S/C18H18FNO4/c1-24-16-5-3-2-4-13(16)11-15(18(22)23)20-17(21)10-12-6-8-14(19)9-7-12/h2-9,15H,10-11H2,1H3,(H,20,21)(H,22,23)/t15-/m0/s1. The van der Waals surface area contributed by atoms with Crippen molar-refractivity contribution in [3.05, 3.63) is 65.5 Å². The zero-order valence-corrected chi connectivity index (χ0v) is 13.2. The number of amides is 1. The van der Waals surface area contributed by atoms with Crippen molar-refractivity contribution in [3.8, 4) is 5.75 Å².